The van der Waals surface area contributed by atoms with Crippen molar-refractivity contribution in [2.24, 2.45) is 0 Å². The lowest BCUT2D eigenvalue weighted by molar-refractivity contribution is -0.143. The van der Waals surface area contributed by atoms with Crippen LogP contribution >= 0.6 is 0 Å². The predicted octanol–water partition coefficient (Wildman–Crippen LogP) is 16.1. The Morgan fingerprint density at radius 2 is 0.770 bits per heavy atom. The molecule has 0 saturated heterocycles. The van der Waals surface area contributed by atoms with Gasteiger partial charge in [-0.05, 0) is 83.5 Å². The number of aliphatic hydroxyl groups excluding tert-OH is 2. The number of aliphatic hydroxyl groups is 2. The van der Waals surface area contributed by atoms with Crippen LogP contribution in [0.1, 0.15) is 277 Å². The highest BCUT2D eigenvalue weighted by Gasteiger charge is 2.18. The van der Waals surface area contributed by atoms with Gasteiger partial charge in [-0.25, -0.2) is 0 Å². The lowest BCUT2D eigenvalue weighted by Crippen LogP contribution is -2.45. The Morgan fingerprint density at radius 1 is 0.443 bits per heavy atom. The first-order valence-electron chi connectivity index (χ1n) is 26.8. The van der Waals surface area contributed by atoms with Gasteiger partial charge in [-0.1, -0.05) is 217 Å². The van der Waals surface area contributed by atoms with E-state index in [2.05, 4.69) is 43.5 Å². The molecule has 2 atom stereocenters. The number of rotatable bonds is 49. The largest absolute Gasteiger partial charge is 0.466 e. The van der Waals surface area contributed by atoms with Gasteiger partial charge in [0.2, 0.25) is 5.91 Å². The molecule has 0 aliphatic heterocycles. The minimum absolute atomic E-state index is 0.0223. The molecule has 0 aromatic heterocycles. The summed E-state index contributed by atoms with van der Waals surface area (Å²) in [5, 5.41) is 23.1. The van der Waals surface area contributed by atoms with Crippen molar-refractivity contribution in [2.75, 3.05) is 13.2 Å². The quantitative estimate of drug-likeness (QED) is 0.0322. The van der Waals surface area contributed by atoms with E-state index in [1.165, 1.54) is 180 Å². The molecule has 61 heavy (non-hydrogen) atoms. The lowest BCUT2D eigenvalue weighted by atomic mass is 10.0. The van der Waals surface area contributed by atoms with Gasteiger partial charge in [0.15, 0.2) is 0 Å². The first-order chi connectivity index (χ1) is 30.0. The molecule has 0 saturated carbocycles. The standard InChI is InChI=1S/C55H103NO5/c1-3-5-7-9-11-13-15-17-19-21-23-27-31-35-39-43-47-53(58)52(51-57)56-54(59)48-44-40-36-32-28-24-22-26-30-34-38-42-46-50-61-55(60)49-45-41-37-33-29-25-20-18-16-14-12-10-8-6-4-2/h18,20,24,28,43,47,52-53,57-58H,3-17,19,21-23,25-27,29-42,44-46,48-51H2,1-2H3,(H,56,59)/b20-18-,28-24-,47-43+. The first kappa shape index (κ1) is 59.1. The van der Waals surface area contributed by atoms with Crippen LogP contribution in [0.2, 0.25) is 0 Å². The summed E-state index contributed by atoms with van der Waals surface area (Å²) in [7, 11) is 0. The SMILES string of the molecule is CCCCCCCC/C=C\CCCCCCCC(=O)OCCCCCCCC/C=C\CCCCCC(=O)NC(CO)C(O)/C=C/CCCCCCCCCCCCCCCC. The van der Waals surface area contributed by atoms with Crippen LogP contribution in [0.15, 0.2) is 36.5 Å². The van der Waals surface area contributed by atoms with Gasteiger partial charge in [0.25, 0.3) is 0 Å². The van der Waals surface area contributed by atoms with Crippen LogP contribution in [-0.2, 0) is 14.3 Å². The van der Waals surface area contributed by atoms with Gasteiger partial charge in [0.05, 0.1) is 25.4 Å². The van der Waals surface area contributed by atoms with Crippen molar-refractivity contribution in [3.63, 3.8) is 0 Å². The van der Waals surface area contributed by atoms with Crippen molar-refractivity contribution in [1.82, 2.24) is 5.32 Å². The van der Waals surface area contributed by atoms with E-state index < -0.39 is 12.1 Å². The normalized spacial score (nSPS) is 12.9. The maximum Gasteiger partial charge on any atom is 0.305 e. The summed E-state index contributed by atoms with van der Waals surface area (Å²) in [6.07, 6.45) is 61.5. The van der Waals surface area contributed by atoms with Gasteiger partial charge in [-0.15, -0.1) is 0 Å². The lowest BCUT2D eigenvalue weighted by Gasteiger charge is -2.19. The van der Waals surface area contributed by atoms with E-state index in [9.17, 15) is 19.8 Å². The first-order valence-corrected chi connectivity index (χ1v) is 26.8. The molecule has 2 unspecified atom stereocenters. The van der Waals surface area contributed by atoms with Crippen molar-refractivity contribution < 1.29 is 24.5 Å². The topological polar surface area (TPSA) is 95.9 Å². The maximum atomic E-state index is 12.4. The smallest absolute Gasteiger partial charge is 0.305 e. The molecule has 6 nitrogen and oxygen atoms in total. The Morgan fingerprint density at radius 3 is 1.18 bits per heavy atom. The monoisotopic (exact) mass is 858 g/mol. The van der Waals surface area contributed by atoms with Crippen molar-refractivity contribution in [2.45, 2.75) is 289 Å². The number of ether oxygens (including phenoxy) is 1. The molecule has 0 aromatic rings. The van der Waals surface area contributed by atoms with Gasteiger partial charge in [-0.2, -0.15) is 0 Å². The van der Waals surface area contributed by atoms with Crippen molar-refractivity contribution in [3.05, 3.63) is 36.5 Å². The van der Waals surface area contributed by atoms with E-state index in [-0.39, 0.29) is 18.5 Å². The molecular weight excluding hydrogens is 755 g/mol. The highest BCUT2D eigenvalue weighted by molar-refractivity contribution is 5.76. The van der Waals surface area contributed by atoms with Gasteiger partial charge >= 0.3 is 5.97 Å². The second kappa shape index (κ2) is 50.7. The van der Waals surface area contributed by atoms with E-state index in [1.807, 2.05) is 6.08 Å². The van der Waals surface area contributed by atoms with Crippen molar-refractivity contribution >= 4 is 11.9 Å². The van der Waals surface area contributed by atoms with Crippen LogP contribution in [0, 0.1) is 0 Å². The molecule has 0 bridgehead atoms. The number of allylic oxidation sites excluding steroid dienone is 5. The van der Waals surface area contributed by atoms with Gasteiger partial charge < -0.3 is 20.3 Å². The zero-order valence-corrected chi connectivity index (χ0v) is 40.6. The van der Waals surface area contributed by atoms with Crippen LogP contribution < -0.4 is 5.32 Å². The number of carbonyl (C=O) groups is 2. The number of unbranched alkanes of at least 4 members (excludes halogenated alkanes) is 34. The van der Waals surface area contributed by atoms with Crippen molar-refractivity contribution in [3.8, 4) is 0 Å². The molecule has 0 heterocycles. The predicted molar refractivity (Wildman–Crippen MR) is 264 cm³/mol. The number of amides is 1. The minimum Gasteiger partial charge on any atom is -0.466 e. The zero-order valence-electron chi connectivity index (χ0n) is 40.6. The van der Waals surface area contributed by atoms with Crippen LogP contribution in [0.4, 0.5) is 0 Å². The molecule has 3 N–H and O–H groups in total. The Balaban J connectivity index is 3.54. The fourth-order valence-corrected chi connectivity index (χ4v) is 7.97. The van der Waals surface area contributed by atoms with E-state index >= 15 is 0 Å². The summed E-state index contributed by atoms with van der Waals surface area (Å²) in [4.78, 5) is 24.5. The number of esters is 1. The molecule has 0 fully saturated rings. The highest BCUT2D eigenvalue weighted by Crippen LogP contribution is 2.15. The minimum atomic E-state index is -0.862. The van der Waals surface area contributed by atoms with Crippen LogP contribution in [-0.4, -0.2) is 47.4 Å². The zero-order chi connectivity index (χ0) is 44.4. The third kappa shape index (κ3) is 47.4. The molecular formula is C55H103NO5. The van der Waals surface area contributed by atoms with Crippen LogP contribution in [0.5, 0.6) is 0 Å². The molecule has 0 aliphatic carbocycles. The van der Waals surface area contributed by atoms with Crippen LogP contribution in [0.3, 0.4) is 0 Å². The van der Waals surface area contributed by atoms with Crippen molar-refractivity contribution in [1.29, 1.82) is 0 Å². The third-order valence-corrected chi connectivity index (χ3v) is 12.1. The Hall–Kier alpha value is -1.92. The van der Waals surface area contributed by atoms with E-state index in [0.29, 0.717) is 19.4 Å². The number of hydrogen-bond acceptors (Lipinski definition) is 5. The molecule has 0 spiro atoms. The summed E-state index contributed by atoms with van der Waals surface area (Å²) >= 11 is 0. The number of carbonyl (C=O) groups excluding carboxylic acids is 2. The maximum absolute atomic E-state index is 12.4. The molecule has 6 heteroatoms. The van der Waals surface area contributed by atoms with Gasteiger partial charge in [-0.3, -0.25) is 9.59 Å². The average molecular weight is 858 g/mol. The summed E-state index contributed by atoms with van der Waals surface area (Å²) < 4.78 is 5.45. The molecule has 0 rings (SSSR count). The number of nitrogens with one attached hydrogen (secondary N) is 1. The Kier molecular flexibility index (Phi) is 49.1. The summed E-state index contributed by atoms with van der Waals surface area (Å²) in [5.74, 6) is -0.120. The Bertz CT molecular complexity index is 993. The van der Waals surface area contributed by atoms with Gasteiger partial charge in [0.1, 0.15) is 0 Å². The van der Waals surface area contributed by atoms with E-state index in [0.717, 1.165) is 70.6 Å². The fraction of sp³-hybridized carbons (Fsp3) is 0.855. The van der Waals surface area contributed by atoms with Gasteiger partial charge in [0, 0.05) is 12.8 Å². The Labute approximate surface area is 379 Å². The van der Waals surface area contributed by atoms with Crippen LogP contribution in [0.25, 0.3) is 0 Å². The van der Waals surface area contributed by atoms with E-state index in [4.69, 9.17) is 4.74 Å². The summed E-state index contributed by atoms with van der Waals surface area (Å²) in [6.45, 7) is 4.85. The highest BCUT2D eigenvalue weighted by atomic mass is 16.5. The second-order valence-electron chi connectivity index (χ2n) is 18.2. The second-order valence-corrected chi connectivity index (χ2v) is 18.2. The molecule has 0 radical (unpaired) electrons. The molecule has 1 amide bonds. The molecule has 0 aliphatic rings. The molecule has 358 valence electrons. The fourth-order valence-electron chi connectivity index (χ4n) is 7.97. The summed E-state index contributed by atoms with van der Waals surface area (Å²) in [5.41, 5.74) is 0. The molecule has 0 aromatic carbocycles. The number of hydrogen-bond donors (Lipinski definition) is 3. The average Bonchev–Trinajstić information content (AvgIpc) is 3.26. The van der Waals surface area contributed by atoms with E-state index in [1.54, 1.807) is 6.08 Å². The summed E-state index contributed by atoms with van der Waals surface area (Å²) in [6, 6.07) is -0.648. The third-order valence-electron chi connectivity index (χ3n) is 12.1.